The highest BCUT2D eigenvalue weighted by atomic mass is 16.4. The predicted molar refractivity (Wildman–Crippen MR) is 221 cm³/mol. The van der Waals surface area contributed by atoms with Gasteiger partial charge in [-0.3, -0.25) is 24.0 Å². The van der Waals surface area contributed by atoms with Crippen molar-refractivity contribution in [2.24, 2.45) is 17.8 Å². The summed E-state index contributed by atoms with van der Waals surface area (Å²) in [5, 5.41) is 25.8. The normalized spacial score (nSPS) is 17.5. The average Bonchev–Trinajstić information content (AvgIpc) is 3.23. The van der Waals surface area contributed by atoms with Crippen molar-refractivity contribution in [2.45, 2.75) is 44.2 Å². The molecule has 0 radical (unpaired) electrons. The first kappa shape index (κ1) is 38.5. The molecule has 57 heavy (non-hydrogen) atoms. The molecule has 0 aliphatic heterocycles. The van der Waals surface area contributed by atoms with E-state index in [1.54, 1.807) is 12.1 Å². The maximum absolute atomic E-state index is 14.1. The smallest absolute Gasteiger partial charge is 0.306 e. The monoisotopic (exact) mass is 760 g/mol. The van der Waals surface area contributed by atoms with Crippen LogP contribution in [0.25, 0.3) is 21.5 Å². The van der Waals surface area contributed by atoms with Crippen molar-refractivity contribution < 1.29 is 29.1 Å². The van der Waals surface area contributed by atoms with Crippen LogP contribution in [0.4, 0.5) is 11.4 Å². The number of benzene rings is 6. The van der Waals surface area contributed by atoms with Crippen molar-refractivity contribution in [2.75, 3.05) is 10.6 Å². The molecule has 6 aromatic carbocycles. The summed E-state index contributed by atoms with van der Waals surface area (Å²) in [7, 11) is 0. The van der Waals surface area contributed by atoms with Gasteiger partial charge in [-0.05, 0) is 76.2 Å². The summed E-state index contributed by atoms with van der Waals surface area (Å²) < 4.78 is 0. The highest BCUT2D eigenvalue weighted by Gasteiger charge is 2.41. The molecule has 10 nitrogen and oxygen atoms in total. The lowest BCUT2D eigenvalue weighted by molar-refractivity contribution is -0.146. The molecule has 10 heteroatoms. The Morgan fingerprint density at radius 3 is 1.25 bits per heavy atom. The molecule has 5 atom stereocenters. The van der Waals surface area contributed by atoms with Crippen LogP contribution in [-0.4, -0.2) is 46.8 Å². The summed E-state index contributed by atoms with van der Waals surface area (Å²) in [6.45, 7) is 0. The maximum atomic E-state index is 14.1. The average molecular weight is 761 g/mol. The Morgan fingerprint density at radius 1 is 0.474 bits per heavy atom. The second kappa shape index (κ2) is 17.8. The van der Waals surface area contributed by atoms with E-state index in [0.717, 1.165) is 32.7 Å². The lowest BCUT2D eigenvalue weighted by atomic mass is 9.74. The fraction of sp³-hybridized carbons (Fsp3) is 0.213. The molecule has 0 bridgehead atoms. The van der Waals surface area contributed by atoms with Crippen LogP contribution < -0.4 is 21.3 Å². The van der Waals surface area contributed by atoms with Crippen molar-refractivity contribution in [1.29, 1.82) is 0 Å². The summed E-state index contributed by atoms with van der Waals surface area (Å²) in [4.78, 5) is 68.2. The number of rotatable bonds is 13. The molecule has 4 amide bonds. The van der Waals surface area contributed by atoms with Gasteiger partial charge >= 0.3 is 5.97 Å². The molecule has 288 valence electrons. The van der Waals surface area contributed by atoms with Crippen LogP contribution in [0.1, 0.15) is 30.4 Å². The summed E-state index contributed by atoms with van der Waals surface area (Å²) in [5.41, 5.74) is 2.79. The number of nitrogens with one attached hydrogen (secondary N) is 4. The molecule has 1 unspecified atom stereocenters. The molecule has 1 fully saturated rings. The van der Waals surface area contributed by atoms with E-state index in [4.69, 9.17) is 0 Å². The lowest BCUT2D eigenvalue weighted by Crippen LogP contribution is -2.51. The SMILES string of the molecule is O=C(O)C1C[C@@H](C(=O)N[C@@H](Cc2ccccc2)C(=O)Nc2ccc3ccccc3c2)C[C@@H](C(=O)N[C@@H](Cc2ccccc2)C(=O)Nc2ccc3ccccc3c2)C1. The Hall–Kier alpha value is -6.81. The summed E-state index contributed by atoms with van der Waals surface area (Å²) >= 11 is 0. The first-order valence-electron chi connectivity index (χ1n) is 19.2. The van der Waals surface area contributed by atoms with E-state index < -0.39 is 59.4 Å². The molecule has 0 spiro atoms. The molecular formula is C47H44N4O6. The van der Waals surface area contributed by atoms with Gasteiger partial charge in [0.2, 0.25) is 23.6 Å². The fourth-order valence-corrected chi connectivity index (χ4v) is 7.64. The molecule has 0 saturated heterocycles. The Bertz CT molecular complexity index is 2240. The van der Waals surface area contributed by atoms with Gasteiger partial charge in [0.05, 0.1) is 5.92 Å². The van der Waals surface area contributed by atoms with Crippen LogP contribution in [-0.2, 0) is 36.8 Å². The van der Waals surface area contributed by atoms with E-state index in [2.05, 4.69) is 21.3 Å². The van der Waals surface area contributed by atoms with Crippen molar-refractivity contribution in [1.82, 2.24) is 10.6 Å². The van der Waals surface area contributed by atoms with Crippen LogP contribution in [0.15, 0.2) is 146 Å². The van der Waals surface area contributed by atoms with Crippen molar-refractivity contribution in [3.63, 3.8) is 0 Å². The van der Waals surface area contributed by atoms with Crippen LogP contribution in [0.3, 0.4) is 0 Å². The van der Waals surface area contributed by atoms with E-state index in [9.17, 15) is 29.1 Å². The Kier molecular flexibility index (Phi) is 12.0. The zero-order valence-electron chi connectivity index (χ0n) is 31.3. The van der Waals surface area contributed by atoms with Crippen LogP contribution in [0.2, 0.25) is 0 Å². The predicted octanol–water partition coefficient (Wildman–Crippen LogP) is 7.14. The molecular weight excluding hydrogens is 717 g/mol. The zero-order chi connectivity index (χ0) is 39.7. The number of fused-ring (bicyclic) bond motifs is 2. The first-order valence-corrected chi connectivity index (χ1v) is 19.2. The highest BCUT2D eigenvalue weighted by Crippen LogP contribution is 2.35. The minimum atomic E-state index is -1.12. The van der Waals surface area contributed by atoms with E-state index >= 15 is 0 Å². The van der Waals surface area contributed by atoms with E-state index in [1.807, 2.05) is 133 Å². The molecule has 0 aromatic heterocycles. The van der Waals surface area contributed by atoms with Gasteiger partial charge in [-0.2, -0.15) is 0 Å². The van der Waals surface area contributed by atoms with Crippen molar-refractivity contribution in [3.8, 4) is 0 Å². The zero-order valence-corrected chi connectivity index (χ0v) is 31.3. The van der Waals surface area contributed by atoms with Crippen LogP contribution >= 0.6 is 0 Å². The fourth-order valence-electron chi connectivity index (χ4n) is 7.64. The molecule has 6 aromatic rings. The number of anilines is 2. The number of carboxylic acid groups (broad SMARTS) is 1. The third kappa shape index (κ3) is 9.90. The minimum absolute atomic E-state index is 0.00515. The van der Waals surface area contributed by atoms with Crippen molar-refractivity contribution >= 4 is 62.5 Å². The quantitative estimate of drug-likeness (QED) is 0.0844. The van der Waals surface area contributed by atoms with Gasteiger partial charge in [0.15, 0.2) is 0 Å². The first-order chi connectivity index (χ1) is 27.7. The van der Waals surface area contributed by atoms with E-state index in [-0.39, 0.29) is 32.1 Å². The van der Waals surface area contributed by atoms with Crippen molar-refractivity contribution in [3.05, 3.63) is 157 Å². The Morgan fingerprint density at radius 2 is 0.842 bits per heavy atom. The van der Waals surface area contributed by atoms with Gasteiger partial charge in [0, 0.05) is 36.1 Å². The number of carbonyl (C=O) groups is 5. The summed E-state index contributed by atoms with van der Waals surface area (Å²) in [5.74, 6) is -5.72. The van der Waals surface area contributed by atoms with Gasteiger partial charge in [-0.25, -0.2) is 0 Å². The molecule has 1 aliphatic rings. The van der Waals surface area contributed by atoms with Gasteiger partial charge < -0.3 is 26.4 Å². The minimum Gasteiger partial charge on any atom is -0.481 e. The largest absolute Gasteiger partial charge is 0.481 e. The second-order valence-electron chi connectivity index (χ2n) is 14.7. The standard InChI is InChI=1S/C47H44N4O6/c52-43(50-41(23-30-11-3-1-4-12-30)45(54)48-39-21-19-32-15-7-9-17-34(32)28-39)36-25-37(27-38(26-36)47(56)57)44(53)51-42(24-31-13-5-2-6-14-31)46(55)49-40-22-20-33-16-8-10-18-35(33)29-40/h1-22,28-29,36-38,41-42H,23-27H2,(H,48,54)(H,49,55)(H,50,52)(H,51,53)(H,56,57)/t36-,37+,38?,41-,42-/m0/s1. The van der Waals surface area contributed by atoms with Crippen LogP contribution in [0.5, 0.6) is 0 Å². The van der Waals surface area contributed by atoms with Gasteiger partial charge in [0.25, 0.3) is 0 Å². The number of aliphatic carboxylic acids is 1. The molecule has 0 heterocycles. The van der Waals surface area contributed by atoms with Gasteiger partial charge in [-0.15, -0.1) is 0 Å². The van der Waals surface area contributed by atoms with Gasteiger partial charge in [0.1, 0.15) is 12.1 Å². The molecule has 7 rings (SSSR count). The Balaban J connectivity index is 1.08. The number of hydrogen-bond donors (Lipinski definition) is 5. The third-order valence-corrected chi connectivity index (χ3v) is 10.7. The topological polar surface area (TPSA) is 154 Å². The highest BCUT2D eigenvalue weighted by molar-refractivity contribution is 6.01. The molecule has 1 aliphatic carbocycles. The molecule has 1 saturated carbocycles. The second-order valence-corrected chi connectivity index (χ2v) is 14.7. The Labute approximate surface area is 330 Å². The third-order valence-electron chi connectivity index (χ3n) is 10.7. The number of carboxylic acids is 1. The number of carbonyl (C=O) groups excluding carboxylic acids is 4. The molecule has 5 N–H and O–H groups in total. The maximum Gasteiger partial charge on any atom is 0.306 e. The number of amides is 4. The summed E-state index contributed by atoms with van der Waals surface area (Å²) in [6, 6.07) is 43.3. The summed E-state index contributed by atoms with van der Waals surface area (Å²) in [6.07, 6.45) is 0.448. The van der Waals surface area contributed by atoms with E-state index in [1.165, 1.54) is 0 Å². The van der Waals surface area contributed by atoms with Gasteiger partial charge in [-0.1, -0.05) is 121 Å². The van der Waals surface area contributed by atoms with Crippen LogP contribution in [0, 0.1) is 17.8 Å². The number of hydrogen-bond acceptors (Lipinski definition) is 5. The van der Waals surface area contributed by atoms with E-state index in [0.29, 0.717) is 11.4 Å². The lowest BCUT2D eigenvalue weighted by Gasteiger charge is -2.33.